The molecule has 2 aliphatic heterocycles. The van der Waals surface area contributed by atoms with E-state index >= 15 is 0 Å². The third-order valence-corrected chi connectivity index (χ3v) is 15.1. The van der Waals surface area contributed by atoms with E-state index in [1.807, 2.05) is 0 Å². The van der Waals surface area contributed by atoms with Crippen LogP contribution in [0.4, 0.5) is 11.8 Å². The van der Waals surface area contributed by atoms with E-state index in [2.05, 4.69) is 47.6 Å². The molecule has 0 radical (unpaired) electrons. The van der Waals surface area contributed by atoms with E-state index in [0.29, 0.717) is 0 Å². The van der Waals surface area contributed by atoms with Gasteiger partial charge in [-0.2, -0.15) is 4.98 Å². The Balaban J connectivity index is 1.02. The second-order valence-corrected chi connectivity index (χ2v) is 18.9. The maximum Gasteiger partial charge on any atom is 0.479 e. The van der Waals surface area contributed by atoms with Crippen LogP contribution in [0.3, 0.4) is 0 Å². The normalized spacial score (nSPS) is 30.6. The Bertz CT molecular complexity index is 2310. The van der Waals surface area contributed by atoms with Crippen LogP contribution in [0.15, 0.2) is 23.8 Å². The molecule has 2 saturated heterocycles. The largest absolute Gasteiger partial charge is 0.756 e. The molecule has 2 aliphatic rings. The first-order valence-corrected chi connectivity index (χ1v) is 21.2. The summed E-state index contributed by atoms with van der Waals surface area (Å²) in [6, 6.07) is 0. The lowest BCUT2D eigenvalue weighted by Crippen LogP contribution is -2.34. The molecule has 0 amide bonds. The smallest absolute Gasteiger partial charge is 0.479 e. The molecule has 7 unspecified atom stereocenters. The van der Waals surface area contributed by atoms with Gasteiger partial charge in [-0.1, -0.05) is 0 Å². The summed E-state index contributed by atoms with van der Waals surface area (Å²) in [6.07, 6.45) is -10.1. The average molecular weight is 849 g/mol. The number of aliphatic hydroxyl groups is 4. The van der Waals surface area contributed by atoms with Crippen LogP contribution >= 0.6 is 30.8 Å². The maximum absolute atomic E-state index is 12.5. The van der Waals surface area contributed by atoms with Crippen molar-refractivity contribution >= 4 is 64.9 Å². The molecular formula is C21H29N10O19P4-. The molecule has 2 fully saturated rings. The zero-order chi connectivity index (χ0) is 39.5. The number of aliphatic hydroxyl groups excluding tert-OH is 4. The first-order valence-electron chi connectivity index (χ1n) is 14.7. The van der Waals surface area contributed by atoms with Crippen molar-refractivity contribution in [1.82, 2.24) is 39.0 Å². The number of fused-ring (bicyclic) bond motifs is 2. The molecular weight excluding hydrogens is 820 g/mol. The third-order valence-electron chi connectivity index (χ3n) is 7.68. The minimum atomic E-state index is -5.91. The number of hydrogen-bond donors (Lipinski definition) is 10. The Hall–Kier alpha value is -3.14. The van der Waals surface area contributed by atoms with E-state index in [1.54, 1.807) is 0 Å². The Labute approximate surface area is 298 Å². The van der Waals surface area contributed by atoms with Crippen molar-refractivity contribution < 1.29 is 85.4 Å². The van der Waals surface area contributed by atoms with Crippen molar-refractivity contribution in [3.05, 3.63) is 29.3 Å². The van der Waals surface area contributed by atoms with Crippen LogP contribution < -0.4 is 21.9 Å². The molecule has 0 aliphatic carbocycles. The van der Waals surface area contributed by atoms with Crippen molar-refractivity contribution in [1.29, 1.82) is 0 Å². The fraction of sp³-hybridized carbons (Fsp3) is 0.524. The van der Waals surface area contributed by atoms with Crippen LogP contribution in [-0.4, -0.2) is 130 Å². The number of nitrogens with two attached hydrogens (primary N) is 2. The van der Waals surface area contributed by atoms with Crippen molar-refractivity contribution in [2.45, 2.75) is 49.1 Å². The highest BCUT2D eigenvalue weighted by Crippen LogP contribution is 2.69. The molecule has 33 heteroatoms. The summed E-state index contributed by atoms with van der Waals surface area (Å²) in [4.78, 5) is 76.2. The minimum absolute atomic E-state index is 0.0173. The topological polar surface area (TPSA) is 448 Å². The number of aromatic nitrogens is 8. The number of aromatic amines is 1. The highest BCUT2D eigenvalue weighted by Gasteiger charge is 2.48. The van der Waals surface area contributed by atoms with E-state index in [1.165, 1.54) is 0 Å². The monoisotopic (exact) mass is 849 g/mol. The van der Waals surface area contributed by atoms with Gasteiger partial charge in [0.2, 0.25) is 5.95 Å². The quantitative estimate of drug-likeness (QED) is 0.0546. The predicted octanol–water partition coefficient (Wildman–Crippen LogP) is -3.67. The van der Waals surface area contributed by atoms with Crippen molar-refractivity contribution in [3.8, 4) is 0 Å². The standard InChI is InChI=1S/C21H30N10O19P4/c22-15-9-16(25-3-24-15)30(4-26-9)19-13(34)11(32)7(47-19)1-45-53(41,42)49-51(37,38)6-52(39,40)50-54(43,44)46-2-8-12(33)14(35)20(48-8)31-5-27-10-17(31)28-21(23)29-18(10)36/h3-5,7-8,11-14,19-20,32-35H,1-2,6H2,(H,37,38)(H,39,40)(H,41,42)(H,43,44)(H2,22,24,25)(H3,23,28,29,36)/p-1/t7-,8-,11?,12+,13?,14?,19-,20-/m1/s1. The zero-order valence-electron chi connectivity index (χ0n) is 26.6. The molecule has 6 rings (SSSR count). The van der Waals surface area contributed by atoms with Gasteiger partial charge in [0, 0.05) is 0 Å². The Morgan fingerprint density at radius 2 is 1.31 bits per heavy atom. The number of nitrogens with one attached hydrogen (secondary N) is 1. The van der Waals surface area contributed by atoms with Gasteiger partial charge < -0.3 is 65.5 Å². The van der Waals surface area contributed by atoms with Gasteiger partial charge in [-0.05, 0) is 0 Å². The summed E-state index contributed by atoms with van der Waals surface area (Å²) >= 11 is 0. The molecule has 0 aromatic carbocycles. The fourth-order valence-corrected chi connectivity index (χ4v) is 12.1. The van der Waals surface area contributed by atoms with E-state index in [9.17, 15) is 63.1 Å². The Kier molecular flexibility index (Phi) is 11.1. The van der Waals surface area contributed by atoms with Crippen LogP contribution in [0.2, 0.25) is 0 Å². The third kappa shape index (κ3) is 8.48. The number of imidazole rings is 2. The number of H-pyrrole nitrogens is 1. The SMILES string of the molecule is Nc1nc2c(ncn2[C@@H]2O[C@H](COP(=O)(O)OP(=O)(O)CP(=O)(O)OP(=O)([O-])OC[C@H]3O[C@@H](n4cnc5c(N)ncnc54)C(O)C3O)[C@H](O)C2O)c(=O)[nH]1. The highest BCUT2D eigenvalue weighted by molar-refractivity contribution is 7.76. The molecule has 0 spiro atoms. The second kappa shape index (κ2) is 14.7. The van der Waals surface area contributed by atoms with Crippen molar-refractivity contribution in [2.24, 2.45) is 0 Å². The number of nitrogens with zero attached hydrogens (tertiary/aromatic N) is 7. The van der Waals surface area contributed by atoms with Crippen LogP contribution in [-0.2, 0) is 45.4 Å². The summed E-state index contributed by atoms with van der Waals surface area (Å²) in [5.74, 6) is -2.46. The van der Waals surface area contributed by atoms with Gasteiger partial charge in [0.25, 0.3) is 13.4 Å². The molecule has 0 saturated carbocycles. The van der Waals surface area contributed by atoms with E-state index in [4.69, 9.17) is 20.9 Å². The van der Waals surface area contributed by atoms with E-state index in [0.717, 1.165) is 28.1 Å². The number of hydrogen-bond acceptors (Lipinski definition) is 23. The lowest BCUT2D eigenvalue weighted by atomic mass is 10.1. The van der Waals surface area contributed by atoms with Gasteiger partial charge in [0.05, 0.1) is 25.9 Å². The fourth-order valence-electron chi connectivity index (χ4n) is 5.35. The van der Waals surface area contributed by atoms with Crippen LogP contribution in [0.5, 0.6) is 0 Å². The molecule has 29 nitrogen and oxygen atoms in total. The summed E-state index contributed by atoms with van der Waals surface area (Å²) < 4.78 is 80.2. The lowest BCUT2D eigenvalue weighted by Gasteiger charge is -2.27. The number of ether oxygens (including phenoxy) is 2. The van der Waals surface area contributed by atoms with Crippen LogP contribution in [0.1, 0.15) is 12.5 Å². The van der Waals surface area contributed by atoms with Crippen LogP contribution in [0.25, 0.3) is 22.3 Å². The highest BCUT2D eigenvalue weighted by atomic mass is 31.3. The molecule has 6 heterocycles. The predicted molar refractivity (Wildman–Crippen MR) is 170 cm³/mol. The zero-order valence-corrected chi connectivity index (χ0v) is 30.2. The first kappa shape index (κ1) is 40.5. The molecule has 12 atom stereocenters. The van der Waals surface area contributed by atoms with Crippen LogP contribution in [0, 0.1) is 0 Å². The molecule has 4 aromatic heterocycles. The molecule has 0 bridgehead atoms. The minimum Gasteiger partial charge on any atom is -0.756 e. The lowest BCUT2D eigenvalue weighted by molar-refractivity contribution is -0.220. The van der Waals surface area contributed by atoms with Crippen molar-refractivity contribution in [2.75, 3.05) is 30.6 Å². The second-order valence-electron chi connectivity index (χ2n) is 11.5. The summed E-state index contributed by atoms with van der Waals surface area (Å²) in [6.45, 7) is -2.25. The molecule has 54 heavy (non-hydrogen) atoms. The van der Waals surface area contributed by atoms with Gasteiger partial charge >= 0.3 is 23.0 Å². The Morgan fingerprint density at radius 1 is 0.778 bits per heavy atom. The van der Waals surface area contributed by atoms with Gasteiger partial charge in [-0.25, -0.2) is 33.1 Å². The van der Waals surface area contributed by atoms with E-state index in [-0.39, 0.29) is 34.1 Å². The molecule has 4 aromatic rings. The van der Waals surface area contributed by atoms with Gasteiger partial charge in [-0.3, -0.25) is 37.1 Å². The maximum atomic E-state index is 12.5. The summed E-state index contributed by atoms with van der Waals surface area (Å²) in [5, 5.41) is 41.8. The number of anilines is 2. The number of rotatable bonds is 14. The van der Waals surface area contributed by atoms with Crippen molar-refractivity contribution in [3.63, 3.8) is 0 Å². The van der Waals surface area contributed by atoms with Gasteiger partial charge in [-0.15, -0.1) is 0 Å². The number of phosphoric ester groups is 2. The average Bonchev–Trinajstić information content (AvgIpc) is 3.79. The number of nitrogen functional groups attached to an aromatic ring is 2. The Morgan fingerprint density at radius 3 is 1.93 bits per heavy atom. The summed E-state index contributed by atoms with van der Waals surface area (Å²) in [5.41, 5.74) is 10.3. The summed E-state index contributed by atoms with van der Waals surface area (Å²) in [7, 11) is -23.1. The van der Waals surface area contributed by atoms with E-state index < -0.39 is 105 Å². The number of phosphoric acid groups is 2. The molecule has 12 N–H and O–H groups in total. The van der Waals surface area contributed by atoms with Gasteiger partial charge in [0.15, 0.2) is 41.0 Å². The molecule has 298 valence electrons. The first-order chi connectivity index (χ1) is 25.1. The van der Waals surface area contributed by atoms with Gasteiger partial charge in [0.1, 0.15) is 48.5 Å².